The van der Waals surface area contributed by atoms with Crippen molar-refractivity contribution in [1.82, 2.24) is 4.57 Å². The predicted molar refractivity (Wildman–Crippen MR) is 214 cm³/mol. The fourth-order valence-corrected chi connectivity index (χ4v) is 7.74. The van der Waals surface area contributed by atoms with Gasteiger partial charge in [-0.3, -0.25) is 9.59 Å². The minimum atomic E-state index is -0.445. The first-order valence-electron chi connectivity index (χ1n) is 17.6. The Hall–Kier alpha value is -8.56. The molecule has 9 rings (SSSR count). The van der Waals surface area contributed by atoms with Crippen molar-refractivity contribution in [2.24, 2.45) is 0 Å². The molecule has 1 aliphatic heterocycles. The van der Waals surface area contributed by atoms with E-state index in [-0.39, 0.29) is 11.1 Å². The number of hydrogen-bond acceptors (Lipinski definition) is 6. The molecular weight excluding hydrogens is 693 g/mol. The minimum absolute atomic E-state index is 0.269. The van der Waals surface area contributed by atoms with Crippen LogP contribution in [0, 0.1) is 45.3 Å². The standard InChI is InChI=1S/C48H24N6O2/c49-25-29-13-17-36(34(21-29)27-51)32-15-19-43-40(23-32)41-24-33(37-18-14-30(26-50)22-35(37)28-52)16-20-44(41)53(43)45-12-6-10-39-46(45)48(56)54(47(39)55)42-11-5-4-9-38(42)31-7-2-1-3-8-31/h1-24H. The number of para-hydroxylation sites is 1. The summed E-state index contributed by atoms with van der Waals surface area (Å²) in [6.07, 6.45) is 0. The molecule has 2 heterocycles. The van der Waals surface area contributed by atoms with Crippen LogP contribution in [0.3, 0.4) is 0 Å². The number of benzene rings is 7. The van der Waals surface area contributed by atoms with Gasteiger partial charge in [-0.15, -0.1) is 0 Å². The van der Waals surface area contributed by atoms with Crippen molar-refractivity contribution in [1.29, 1.82) is 21.0 Å². The summed E-state index contributed by atoms with van der Waals surface area (Å²) in [5.41, 5.74) is 8.91. The predicted octanol–water partition coefficient (Wildman–Crippen LogP) is 10.1. The molecule has 8 nitrogen and oxygen atoms in total. The van der Waals surface area contributed by atoms with Crippen molar-refractivity contribution in [3.63, 3.8) is 0 Å². The highest BCUT2D eigenvalue weighted by molar-refractivity contribution is 6.36. The maximum absolute atomic E-state index is 14.7. The Morgan fingerprint density at radius 3 is 1.52 bits per heavy atom. The van der Waals surface area contributed by atoms with Gasteiger partial charge in [0.2, 0.25) is 0 Å². The molecular formula is C48H24N6O2. The van der Waals surface area contributed by atoms with Crippen molar-refractivity contribution in [2.75, 3.05) is 4.90 Å². The number of carbonyl (C=O) groups excluding carboxylic acids is 2. The zero-order chi connectivity index (χ0) is 38.5. The summed E-state index contributed by atoms with van der Waals surface area (Å²) in [4.78, 5) is 30.2. The Labute approximate surface area is 320 Å². The summed E-state index contributed by atoms with van der Waals surface area (Å²) < 4.78 is 1.98. The summed E-state index contributed by atoms with van der Waals surface area (Å²) in [5, 5.41) is 40.6. The summed E-state index contributed by atoms with van der Waals surface area (Å²) >= 11 is 0. The number of anilines is 1. The number of fused-ring (bicyclic) bond motifs is 4. The Morgan fingerprint density at radius 1 is 0.411 bits per heavy atom. The van der Waals surface area contributed by atoms with Crippen LogP contribution in [-0.4, -0.2) is 16.4 Å². The van der Waals surface area contributed by atoms with Crippen molar-refractivity contribution in [3.8, 4) is 63.3 Å². The van der Waals surface area contributed by atoms with Crippen LogP contribution in [0.1, 0.15) is 43.0 Å². The lowest BCUT2D eigenvalue weighted by Gasteiger charge is -2.18. The van der Waals surface area contributed by atoms with Gasteiger partial charge in [-0.1, -0.05) is 78.9 Å². The van der Waals surface area contributed by atoms with E-state index < -0.39 is 11.8 Å². The molecule has 0 bridgehead atoms. The average molecular weight is 717 g/mol. The number of nitriles is 4. The Bertz CT molecular complexity index is 3050. The Balaban J connectivity index is 1.28. The molecule has 0 saturated carbocycles. The van der Waals surface area contributed by atoms with Gasteiger partial charge in [0, 0.05) is 16.3 Å². The van der Waals surface area contributed by atoms with Gasteiger partial charge >= 0.3 is 0 Å². The molecule has 8 aromatic rings. The molecule has 1 aromatic heterocycles. The Kier molecular flexibility index (Phi) is 7.81. The molecule has 7 aromatic carbocycles. The zero-order valence-corrected chi connectivity index (χ0v) is 29.4. The van der Waals surface area contributed by atoms with Crippen molar-refractivity contribution >= 4 is 39.3 Å². The summed E-state index contributed by atoms with van der Waals surface area (Å²) in [6.45, 7) is 0. The SMILES string of the molecule is N#Cc1ccc(-c2ccc3c(c2)c2cc(-c4ccc(C#N)cc4C#N)ccc2n3-c2cccc3c2C(=O)N(c2ccccc2-c2ccccc2)C3=O)c(C#N)c1. The number of imide groups is 1. The highest BCUT2D eigenvalue weighted by Gasteiger charge is 2.40. The first-order valence-corrected chi connectivity index (χ1v) is 17.6. The smallest absolute Gasteiger partial charge is 0.268 e. The largest absolute Gasteiger partial charge is 0.308 e. The third-order valence-corrected chi connectivity index (χ3v) is 10.3. The number of hydrogen-bond donors (Lipinski definition) is 0. The van der Waals surface area contributed by atoms with Crippen molar-refractivity contribution in [2.45, 2.75) is 0 Å². The number of aromatic nitrogens is 1. The fourth-order valence-electron chi connectivity index (χ4n) is 7.74. The normalized spacial score (nSPS) is 11.9. The maximum atomic E-state index is 14.7. The minimum Gasteiger partial charge on any atom is -0.308 e. The highest BCUT2D eigenvalue weighted by atomic mass is 16.2. The van der Waals surface area contributed by atoms with Gasteiger partial charge in [-0.2, -0.15) is 21.0 Å². The summed E-state index contributed by atoms with van der Waals surface area (Å²) in [7, 11) is 0. The van der Waals surface area contributed by atoms with Crippen LogP contribution in [0.5, 0.6) is 0 Å². The molecule has 0 saturated heterocycles. The molecule has 0 atom stereocenters. The van der Waals surface area contributed by atoms with E-state index in [9.17, 15) is 30.6 Å². The van der Waals surface area contributed by atoms with Crippen LogP contribution in [0.15, 0.2) is 146 Å². The van der Waals surface area contributed by atoms with Crippen LogP contribution >= 0.6 is 0 Å². The lowest BCUT2D eigenvalue weighted by Crippen LogP contribution is -2.30. The van der Waals surface area contributed by atoms with Gasteiger partial charge in [0.25, 0.3) is 11.8 Å². The molecule has 0 spiro atoms. The van der Waals surface area contributed by atoms with Gasteiger partial charge in [0.15, 0.2) is 0 Å². The van der Waals surface area contributed by atoms with E-state index >= 15 is 0 Å². The second kappa shape index (κ2) is 13.1. The molecule has 0 unspecified atom stereocenters. The summed E-state index contributed by atoms with van der Waals surface area (Å²) in [5.74, 6) is -0.866. The topological polar surface area (TPSA) is 137 Å². The molecule has 258 valence electrons. The zero-order valence-electron chi connectivity index (χ0n) is 29.4. The molecule has 1 aliphatic rings. The van der Waals surface area contributed by atoms with Crippen molar-refractivity contribution in [3.05, 3.63) is 179 Å². The number of nitrogens with zero attached hydrogens (tertiary/aromatic N) is 6. The maximum Gasteiger partial charge on any atom is 0.268 e. The molecule has 0 radical (unpaired) electrons. The molecule has 0 N–H and O–H groups in total. The molecule has 8 heteroatoms. The lowest BCUT2D eigenvalue weighted by atomic mass is 9.95. The summed E-state index contributed by atoms with van der Waals surface area (Å²) in [6, 6.07) is 52.5. The first kappa shape index (κ1) is 33.3. The molecule has 0 fully saturated rings. The van der Waals surface area contributed by atoms with E-state index in [1.54, 1.807) is 54.6 Å². The second-order valence-electron chi connectivity index (χ2n) is 13.3. The third kappa shape index (κ3) is 5.12. The first-order chi connectivity index (χ1) is 27.4. The van der Waals surface area contributed by atoms with E-state index in [2.05, 4.69) is 24.3 Å². The van der Waals surface area contributed by atoms with Crippen LogP contribution in [0.25, 0.3) is 60.9 Å². The van der Waals surface area contributed by atoms with Gasteiger partial charge in [-0.05, 0) is 94.5 Å². The molecule has 0 aliphatic carbocycles. The van der Waals surface area contributed by atoms with E-state index in [0.29, 0.717) is 44.8 Å². The molecule has 2 amide bonds. The number of amides is 2. The molecule has 56 heavy (non-hydrogen) atoms. The third-order valence-electron chi connectivity index (χ3n) is 10.3. The average Bonchev–Trinajstić information content (AvgIpc) is 3.72. The van der Waals surface area contributed by atoms with Crippen LogP contribution < -0.4 is 4.90 Å². The van der Waals surface area contributed by atoms with Gasteiger partial charge in [0.1, 0.15) is 0 Å². The van der Waals surface area contributed by atoms with Gasteiger partial charge < -0.3 is 4.57 Å². The van der Waals surface area contributed by atoms with E-state index in [1.807, 2.05) is 95.6 Å². The monoisotopic (exact) mass is 716 g/mol. The second-order valence-corrected chi connectivity index (χ2v) is 13.3. The van der Waals surface area contributed by atoms with Crippen molar-refractivity contribution < 1.29 is 9.59 Å². The lowest BCUT2D eigenvalue weighted by molar-refractivity contribution is 0.0926. The fraction of sp³-hybridized carbons (Fsp3) is 0. The highest BCUT2D eigenvalue weighted by Crippen LogP contribution is 2.42. The Morgan fingerprint density at radius 2 is 0.946 bits per heavy atom. The number of rotatable bonds is 5. The van der Waals surface area contributed by atoms with Crippen LogP contribution in [0.2, 0.25) is 0 Å². The van der Waals surface area contributed by atoms with E-state index in [0.717, 1.165) is 44.1 Å². The van der Waals surface area contributed by atoms with Crippen LogP contribution in [0.4, 0.5) is 5.69 Å². The van der Waals surface area contributed by atoms with Gasteiger partial charge in [-0.25, -0.2) is 4.90 Å². The number of carbonyl (C=O) groups is 2. The quantitative estimate of drug-likeness (QED) is 0.163. The van der Waals surface area contributed by atoms with E-state index in [1.165, 1.54) is 4.90 Å². The van der Waals surface area contributed by atoms with E-state index in [4.69, 9.17) is 0 Å². The van der Waals surface area contributed by atoms with Gasteiger partial charge in [0.05, 0.1) is 80.1 Å². The van der Waals surface area contributed by atoms with Crippen LogP contribution in [-0.2, 0) is 0 Å².